The Bertz CT molecular complexity index is 727. The smallest absolute Gasteiger partial charge is 0.493 e. The number of carbonyl (C=O) groups excluding carboxylic acids is 1. The standard InChI is InChI=1S/C10H8F3NO7S/c1-5(15)6-3-8(20-2)9(4-7(6)14(16)17)21-22(18,19)10(11,12)13/h3-4H,1-2H3. The van der Waals surface area contributed by atoms with Crippen molar-refractivity contribution in [3.8, 4) is 11.5 Å². The Morgan fingerprint density at radius 2 is 1.82 bits per heavy atom. The lowest BCUT2D eigenvalue weighted by molar-refractivity contribution is -0.385. The average Bonchev–Trinajstić information content (AvgIpc) is 2.35. The van der Waals surface area contributed by atoms with Crippen LogP contribution < -0.4 is 8.92 Å². The van der Waals surface area contributed by atoms with Gasteiger partial charge in [0.1, 0.15) is 0 Å². The molecule has 0 aliphatic rings. The van der Waals surface area contributed by atoms with Crippen molar-refractivity contribution in [3.05, 3.63) is 27.8 Å². The molecule has 0 amide bonds. The van der Waals surface area contributed by atoms with E-state index in [9.17, 15) is 36.5 Å². The fourth-order valence-corrected chi connectivity index (χ4v) is 1.83. The van der Waals surface area contributed by atoms with Crippen LogP contribution in [-0.4, -0.2) is 31.7 Å². The average molecular weight is 343 g/mol. The summed E-state index contributed by atoms with van der Waals surface area (Å²) in [5, 5.41) is 10.8. The zero-order chi connectivity index (χ0) is 17.3. The molecule has 0 unspecified atom stereocenters. The summed E-state index contributed by atoms with van der Waals surface area (Å²) < 4.78 is 67.2. The van der Waals surface area contributed by atoms with Crippen molar-refractivity contribution in [1.29, 1.82) is 0 Å². The van der Waals surface area contributed by atoms with Gasteiger partial charge in [0.15, 0.2) is 17.3 Å². The van der Waals surface area contributed by atoms with E-state index in [0.29, 0.717) is 6.07 Å². The first-order valence-electron chi connectivity index (χ1n) is 5.29. The Hall–Kier alpha value is -2.37. The summed E-state index contributed by atoms with van der Waals surface area (Å²) in [5.74, 6) is -2.41. The van der Waals surface area contributed by atoms with Gasteiger partial charge in [-0.1, -0.05) is 0 Å². The molecule has 122 valence electrons. The number of benzene rings is 1. The molecule has 0 atom stereocenters. The maximum atomic E-state index is 12.3. The lowest BCUT2D eigenvalue weighted by atomic mass is 10.1. The SMILES string of the molecule is COc1cc(C(C)=O)c([N+](=O)[O-])cc1OS(=O)(=O)C(F)(F)F. The number of Topliss-reactive ketones (excluding diaryl/α,β-unsaturated/α-hetero) is 1. The molecule has 0 bridgehead atoms. The summed E-state index contributed by atoms with van der Waals surface area (Å²) in [6, 6.07) is 1.10. The third-order valence-electron chi connectivity index (χ3n) is 2.34. The number of carbonyl (C=O) groups is 1. The number of methoxy groups -OCH3 is 1. The molecule has 0 aliphatic carbocycles. The van der Waals surface area contributed by atoms with Crippen molar-refractivity contribution in [2.75, 3.05) is 7.11 Å². The summed E-state index contributed by atoms with van der Waals surface area (Å²) in [6.45, 7) is 0.981. The second-order valence-corrected chi connectivity index (χ2v) is 5.35. The Morgan fingerprint density at radius 1 is 1.27 bits per heavy atom. The molecule has 1 rings (SSSR count). The maximum Gasteiger partial charge on any atom is 0.534 e. The fraction of sp³-hybridized carbons (Fsp3) is 0.300. The van der Waals surface area contributed by atoms with Gasteiger partial charge in [-0.05, 0) is 6.92 Å². The van der Waals surface area contributed by atoms with Gasteiger partial charge in [0.2, 0.25) is 0 Å². The van der Waals surface area contributed by atoms with Crippen molar-refractivity contribution in [3.63, 3.8) is 0 Å². The molecule has 1 aromatic carbocycles. The number of halogens is 3. The molecule has 0 fully saturated rings. The van der Waals surface area contributed by atoms with Crippen LogP contribution in [-0.2, 0) is 10.1 Å². The minimum Gasteiger partial charge on any atom is -0.493 e. The van der Waals surface area contributed by atoms with E-state index in [4.69, 9.17) is 0 Å². The highest BCUT2D eigenvalue weighted by Gasteiger charge is 2.49. The molecular formula is C10H8F3NO7S. The van der Waals surface area contributed by atoms with Gasteiger partial charge in [-0.25, -0.2) is 0 Å². The highest BCUT2D eigenvalue weighted by atomic mass is 32.2. The predicted octanol–water partition coefficient (Wildman–Crippen LogP) is 2.03. The molecule has 0 heterocycles. The molecule has 0 aliphatic heterocycles. The Labute approximate surface area is 121 Å². The Kier molecular flexibility index (Phi) is 4.65. The topological polar surface area (TPSA) is 113 Å². The largest absolute Gasteiger partial charge is 0.534 e. The Balaban J connectivity index is 3.53. The van der Waals surface area contributed by atoms with Gasteiger partial charge < -0.3 is 8.92 Å². The fourth-order valence-electron chi connectivity index (χ4n) is 1.37. The van der Waals surface area contributed by atoms with Crippen molar-refractivity contribution >= 4 is 21.6 Å². The van der Waals surface area contributed by atoms with Crippen LogP contribution in [0.2, 0.25) is 0 Å². The minimum atomic E-state index is -6.05. The summed E-state index contributed by atoms with van der Waals surface area (Å²) in [5.41, 5.74) is -7.12. The van der Waals surface area contributed by atoms with Crippen LogP contribution >= 0.6 is 0 Å². The van der Waals surface area contributed by atoms with Crippen LogP contribution in [0.1, 0.15) is 17.3 Å². The highest BCUT2D eigenvalue weighted by molar-refractivity contribution is 7.88. The molecule has 8 nitrogen and oxygen atoms in total. The van der Waals surface area contributed by atoms with Gasteiger partial charge in [0, 0.05) is 6.07 Å². The lowest BCUT2D eigenvalue weighted by Crippen LogP contribution is -2.28. The van der Waals surface area contributed by atoms with Crippen LogP contribution in [0.4, 0.5) is 18.9 Å². The van der Waals surface area contributed by atoms with E-state index in [2.05, 4.69) is 8.92 Å². The molecule has 12 heteroatoms. The van der Waals surface area contributed by atoms with E-state index in [1.165, 1.54) is 0 Å². The van der Waals surface area contributed by atoms with Gasteiger partial charge in [-0.3, -0.25) is 14.9 Å². The molecule has 0 radical (unpaired) electrons. The first kappa shape index (κ1) is 17.7. The number of nitrogens with zero attached hydrogens (tertiary/aromatic N) is 1. The van der Waals surface area contributed by atoms with E-state index in [-0.39, 0.29) is 0 Å². The van der Waals surface area contributed by atoms with Crippen LogP contribution in [0.15, 0.2) is 12.1 Å². The van der Waals surface area contributed by atoms with Crippen LogP contribution in [0.3, 0.4) is 0 Å². The molecule has 0 saturated heterocycles. The Morgan fingerprint density at radius 3 is 2.18 bits per heavy atom. The minimum absolute atomic E-state index is 0.374. The van der Waals surface area contributed by atoms with Crippen molar-refractivity contribution in [2.24, 2.45) is 0 Å². The first-order valence-corrected chi connectivity index (χ1v) is 6.69. The second-order valence-electron chi connectivity index (χ2n) is 3.82. The normalized spacial score (nSPS) is 11.9. The molecule has 22 heavy (non-hydrogen) atoms. The molecule has 0 N–H and O–H groups in total. The predicted molar refractivity (Wildman–Crippen MR) is 65.3 cm³/mol. The maximum absolute atomic E-state index is 12.3. The molecule has 0 aromatic heterocycles. The van der Waals surface area contributed by atoms with Crippen LogP contribution in [0.5, 0.6) is 11.5 Å². The monoisotopic (exact) mass is 343 g/mol. The zero-order valence-electron chi connectivity index (χ0n) is 11.0. The molecule has 1 aromatic rings. The summed E-state index contributed by atoms with van der Waals surface area (Å²) in [6.07, 6.45) is 0. The van der Waals surface area contributed by atoms with Gasteiger partial charge in [0.05, 0.1) is 23.7 Å². The van der Waals surface area contributed by atoms with Gasteiger partial charge in [-0.15, -0.1) is 0 Å². The molecular weight excluding hydrogens is 335 g/mol. The van der Waals surface area contributed by atoms with E-state index in [1.807, 2.05) is 0 Å². The van der Waals surface area contributed by atoms with E-state index < -0.39 is 49.1 Å². The van der Waals surface area contributed by atoms with E-state index >= 15 is 0 Å². The summed E-state index contributed by atoms with van der Waals surface area (Å²) >= 11 is 0. The molecule has 0 spiro atoms. The summed E-state index contributed by atoms with van der Waals surface area (Å²) in [4.78, 5) is 21.1. The van der Waals surface area contributed by atoms with E-state index in [0.717, 1.165) is 20.1 Å². The first-order chi connectivity index (χ1) is 9.90. The lowest BCUT2D eigenvalue weighted by Gasteiger charge is -2.13. The zero-order valence-corrected chi connectivity index (χ0v) is 11.8. The number of hydrogen-bond donors (Lipinski definition) is 0. The number of nitro groups is 1. The third-order valence-corrected chi connectivity index (χ3v) is 3.31. The number of hydrogen-bond acceptors (Lipinski definition) is 7. The van der Waals surface area contributed by atoms with Crippen molar-refractivity contribution < 1.29 is 40.2 Å². The quantitative estimate of drug-likeness (QED) is 0.264. The van der Waals surface area contributed by atoms with Gasteiger partial charge in [0.25, 0.3) is 5.69 Å². The van der Waals surface area contributed by atoms with Crippen LogP contribution in [0.25, 0.3) is 0 Å². The highest BCUT2D eigenvalue weighted by Crippen LogP contribution is 2.38. The third kappa shape index (κ3) is 3.44. The number of alkyl halides is 3. The molecule has 0 saturated carbocycles. The summed E-state index contributed by atoms with van der Waals surface area (Å²) in [7, 11) is -5.09. The van der Waals surface area contributed by atoms with Gasteiger partial charge in [-0.2, -0.15) is 21.6 Å². The van der Waals surface area contributed by atoms with E-state index in [1.54, 1.807) is 0 Å². The number of ether oxygens (including phenoxy) is 1. The van der Waals surface area contributed by atoms with Crippen molar-refractivity contribution in [2.45, 2.75) is 12.4 Å². The number of rotatable bonds is 5. The second kappa shape index (κ2) is 5.79. The van der Waals surface area contributed by atoms with Crippen molar-refractivity contribution in [1.82, 2.24) is 0 Å². The number of nitro benzene ring substituents is 1. The van der Waals surface area contributed by atoms with Gasteiger partial charge >= 0.3 is 15.6 Å². The number of ketones is 1. The van der Waals surface area contributed by atoms with Crippen LogP contribution in [0, 0.1) is 10.1 Å².